The lowest BCUT2D eigenvalue weighted by atomic mass is 10.1. The van der Waals surface area contributed by atoms with Gasteiger partial charge >= 0.3 is 24.1 Å². The highest BCUT2D eigenvalue weighted by Crippen LogP contribution is 2.23. The summed E-state index contributed by atoms with van der Waals surface area (Å²) in [5.41, 5.74) is 13.7. The average Bonchev–Trinajstić information content (AvgIpc) is 3.09. The molecule has 51 heavy (non-hydrogen) atoms. The average molecular weight is 713 g/mol. The van der Waals surface area contributed by atoms with Crippen LogP contribution in [0.15, 0.2) is 72.8 Å². The maximum absolute atomic E-state index is 12.5. The summed E-state index contributed by atoms with van der Waals surface area (Å²) in [6.07, 6.45) is 7.33. The molecule has 0 saturated heterocycles. The van der Waals surface area contributed by atoms with E-state index < -0.39 is 30.5 Å². The third-order valence-electron chi connectivity index (χ3n) is 7.70. The Morgan fingerprint density at radius 1 is 0.588 bits per heavy atom. The van der Waals surface area contributed by atoms with Gasteiger partial charge < -0.3 is 30.4 Å². The van der Waals surface area contributed by atoms with Gasteiger partial charge in [0, 0.05) is 23.9 Å². The van der Waals surface area contributed by atoms with Crippen LogP contribution >= 0.6 is 0 Å². The van der Waals surface area contributed by atoms with Gasteiger partial charge in [0.15, 0.2) is 0 Å². The highest BCUT2D eigenvalue weighted by molar-refractivity contribution is 5.92. The Bertz CT molecular complexity index is 1520. The van der Waals surface area contributed by atoms with E-state index in [-0.39, 0.29) is 19.4 Å². The predicted octanol–water partition coefficient (Wildman–Crippen LogP) is 9.11. The molecular weight excluding hydrogens is 665 g/mol. The number of nitrogens with two attached hydrogens (primary N) is 2. The molecule has 0 aliphatic rings. The molecule has 0 saturated carbocycles. The van der Waals surface area contributed by atoms with Crippen LogP contribution in [0.4, 0.5) is 24.5 Å². The molecule has 0 atom stereocenters. The number of benzene rings is 3. The highest BCUT2D eigenvalue weighted by Gasteiger charge is 2.25. The van der Waals surface area contributed by atoms with Crippen LogP contribution < -0.4 is 20.9 Å². The van der Waals surface area contributed by atoms with Crippen molar-refractivity contribution in [1.29, 1.82) is 0 Å². The van der Waals surface area contributed by atoms with Crippen molar-refractivity contribution in [2.24, 2.45) is 0 Å². The van der Waals surface area contributed by atoms with Gasteiger partial charge in [-0.3, -0.25) is 0 Å². The standard InChI is InChI=1S/C39H47F3N2O7/c40-39(41,42)22-8-11-23-48-34-19-15-30(16-20-34)38(47)51-35-17-12-29(13-18-35)14-21-36(45)49-24-9-6-4-2-1-3-5-7-10-25-50-37(46)31-26-32(43)28-33(44)27-31/h12-21,26-28H,1-11,22-25,43-44H2. The summed E-state index contributed by atoms with van der Waals surface area (Å²) in [6.45, 7) is 0.873. The maximum atomic E-state index is 12.5. The van der Waals surface area contributed by atoms with Gasteiger partial charge in [0.1, 0.15) is 11.5 Å². The molecule has 0 fully saturated rings. The molecule has 3 rings (SSSR count). The van der Waals surface area contributed by atoms with Crippen molar-refractivity contribution in [3.63, 3.8) is 0 Å². The summed E-state index contributed by atoms with van der Waals surface area (Å²) in [4.78, 5) is 36.7. The van der Waals surface area contributed by atoms with Crippen LogP contribution in [0.2, 0.25) is 0 Å². The lowest BCUT2D eigenvalue weighted by Crippen LogP contribution is -2.09. The maximum Gasteiger partial charge on any atom is 0.389 e. The number of esters is 3. The van der Waals surface area contributed by atoms with E-state index in [1.54, 1.807) is 60.7 Å². The Morgan fingerprint density at radius 3 is 1.71 bits per heavy atom. The zero-order valence-electron chi connectivity index (χ0n) is 28.8. The number of anilines is 2. The second-order valence-corrected chi connectivity index (χ2v) is 12.1. The van der Waals surface area contributed by atoms with Crippen LogP contribution in [0.3, 0.4) is 0 Å². The summed E-state index contributed by atoms with van der Waals surface area (Å²) in [7, 11) is 0. The molecule has 276 valence electrons. The van der Waals surface area contributed by atoms with Crippen LogP contribution in [0, 0.1) is 0 Å². The molecule has 9 nitrogen and oxygen atoms in total. The van der Waals surface area contributed by atoms with Gasteiger partial charge in [0.2, 0.25) is 0 Å². The Labute approximate surface area is 297 Å². The van der Waals surface area contributed by atoms with Gasteiger partial charge in [-0.15, -0.1) is 0 Å². The number of unbranched alkanes of at least 4 members (excludes halogenated alkanes) is 9. The van der Waals surface area contributed by atoms with Gasteiger partial charge in [0.25, 0.3) is 0 Å². The van der Waals surface area contributed by atoms with Crippen LogP contribution in [-0.4, -0.2) is 43.9 Å². The van der Waals surface area contributed by atoms with Crippen molar-refractivity contribution in [3.8, 4) is 11.5 Å². The molecule has 0 amide bonds. The minimum Gasteiger partial charge on any atom is -0.494 e. The number of nitrogen functional groups attached to an aromatic ring is 2. The summed E-state index contributed by atoms with van der Waals surface area (Å²) in [5, 5.41) is 0. The first-order chi connectivity index (χ1) is 24.5. The first-order valence-electron chi connectivity index (χ1n) is 17.3. The van der Waals surface area contributed by atoms with E-state index in [0.29, 0.717) is 47.2 Å². The molecule has 0 unspecified atom stereocenters. The van der Waals surface area contributed by atoms with Gasteiger partial charge in [-0.05, 0) is 91.9 Å². The number of halogens is 3. The third kappa shape index (κ3) is 17.5. The van der Waals surface area contributed by atoms with Crippen molar-refractivity contribution >= 4 is 35.4 Å². The molecule has 3 aromatic rings. The predicted molar refractivity (Wildman–Crippen MR) is 190 cm³/mol. The van der Waals surface area contributed by atoms with Gasteiger partial charge in [-0.1, -0.05) is 57.1 Å². The number of rotatable bonds is 22. The third-order valence-corrected chi connectivity index (χ3v) is 7.70. The quantitative estimate of drug-likeness (QED) is 0.0343. The first kappa shape index (κ1) is 40.4. The number of hydrogen-bond acceptors (Lipinski definition) is 9. The Balaban J connectivity index is 1.18. The fourth-order valence-electron chi connectivity index (χ4n) is 4.99. The number of ether oxygens (including phenoxy) is 4. The van der Waals surface area contributed by atoms with E-state index in [2.05, 4.69) is 0 Å². The van der Waals surface area contributed by atoms with Crippen molar-refractivity contribution in [2.45, 2.75) is 83.2 Å². The van der Waals surface area contributed by atoms with E-state index in [4.69, 9.17) is 30.4 Å². The Hall–Kier alpha value is -5.00. The molecule has 12 heteroatoms. The zero-order valence-corrected chi connectivity index (χ0v) is 28.8. The van der Waals surface area contributed by atoms with Gasteiger partial charge in [0.05, 0.1) is 30.9 Å². The minimum atomic E-state index is -4.17. The fraction of sp³-hybridized carbons (Fsp3) is 0.410. The summed E-state index contributed by atoms with van der Waals surface area (Å²) in [5.74, 6) is -0.645. The van der Waals surface area contributed by atoms with Crippen molar-refractivity contribution < 1.29 is 46.5 Å². The second kappa shape index (κ2) is 22.0. The van der Waals surface area contributed by atoms with Gasteiger partial charge in [-0.25, -0.2) is 14.4 Å². The SMILES string of the molecule is Nc1cc(N)cc(C(=O)OCCCCCCCCCCCOC(=O)C=Cc2ccc(OC(=O)c3ccc(OCCCCC(F)(F)F)cc3)cc2)c1. The zero-order chi connectivity index (χ0) is 36.9. The fourth-order valence-corrected chi connectivity index (χ4v) is 4.99. The Morgan fingerprint density at radius 2 is 1.12 bits per heavy atom. The molecule has 0 radical (unpaired) electrons. The summed E-state index contributed by atoms with van der Waals surface area (Å²) in [6, 6.07) is 17.5. The molecule has 0 spiro atoms. The Kier molecular flexibility index (Phi) is 17.4. The van der Waals surface area contributed by atoms with Gasteiger partial charge in [-0.2, -0.15) is 13.2 Å². The first-order valence-corrected chi connectivity index (χ1v) is 17.3. The molecule has 3 aromatic carbocycles. The topological polar surface area (TPSA) is 140 Å². The number of carbonyl (C=O) groups excluding carboxylic acids is 3. The molecule has 0 aliphatic carbocycles. The summed E-state index contributed by atoms with van der Waals surface area (Å²) >= 11 is 0. The molecular formula is C39H47F3N2O7. The lowest BCUT2D eigenvalue weighted by Gasteiger charge is -2.09. The number of carbonyl (C=O) groups is 3. The van der Waals surface area contributed by atoms with Crippen molar-refractivity contribution in [3.05, 3.63) is 89.5 Å². The van der Waals surface area contributed by atoms with E-state index in [1.165, 1.54) is 18.2 Å². The van der Waals surface area contributed by atoms with Crippen molar-refractivity contribution in [2.75, 3.05) is 31.3 Å². The van der Waals surface area contributed by atoms with Crippen LogP contribution in [0.5, 0.6) is 11.5 Å². The summed E-state index contributed by atoms with van der Waals surface area (Å²) < 4.78 is 58.0. The van der Waals surface area contributed by atoms with E-state index in [9.17, 15) is 27.6 Å². The van der Waals surface area contributed by atoms with E-state index >= 15 is 0 Å². The number of alkyl halides is 3. The van der Waals surface area contributed by atoms with Crippen LogP contribution in [-0.2, 0) is 14.3 Å². The van der Waals surface area contributed by atoms with E-state index in [0.717, 1.165) is 63.4 Å². The van der Waals surface area contributed by atoms with Crippen LogP contribution in [0.1, 0.15) is 103 Å². The second-order valence-electron chi connectivity index (χ2n) is 12.1. The van der Waals surface area contributed by atoms with Crippen molar-refractivity contribution in [1.82, 2.24) is 0 Å². The molecule has 0 bridgehead atoms. The van der Waals surface area contributed by atoms with E-state index in [1.807, 2.05) is 0 Å². The normalized spacial score (nSPS) is 11.4. The van der Waals surface area contributed by atoms with Crippen LogP contribution in [0.25, 0.3) is 6.08 Å². The number of hydrogen-bond donors (Lipinski definition) is 2. The molecule has 0 heterocycles. The highest BCUT2D eigenvalue weighted by atomic mass is 19.4. The lowest BCUT2D eigenvalue weighted by molar-refractivity contribution is -0.138. The minimum absolute atomic E-state index is 0.00710. The molecule has 4 N–H and O–H groups in total. The monoisotopic (exact) mass is 712 g/mol. The smallest absolute Gasteiger partial charge is 0.389 e. The molecule has 0 aromatic heterocycles. The largest absolute Gasteiger partial charge is 0.494 e. The molecule has 0 aliphatic heterocycles.